The van der Waals surface area contributed by atoms with Crippen molar-refractivity contribution in [2.45, 2.75) is 19.8 Å². The van der Waals surface area contributed by atoms with Crippen LogP contribution in [0.1, 0.15) is 40.9 Å². The number of aromatic carboxylic acids is 1. The summed E-state index contributed by atoms with van der Waals surface area (Å²) in [5.74, 6) is -1.21. The van der Waals surface area contributed by atoms with Crippen molar-refractivity contribution in [1.82, 2.24) is 10.2 Å². The summed E-state index contributed by atoms with van der Waals surface area (Å²) in [5, 5.41) is 11.5. The van der Waals surface area contributed by atoms with E-state index < -0.39 is 5.97 Å². The molecule has 2 N–H and O–H groups in total. The second-order valence-electron chi connectivity index (χ2n) is 5.06. The maximum atomic E-state index is 11.8. The molecule has 1 saturated heterocycles. The molecule has 0 bridgehead atoms. The molecule has 0 atom stereocenters. The summed E-state index contributed by atoms with van der Waals surface area (Å²) in [5.41, 5.74) is 0. The summed E-state index contributed by atoms with van der Waals surface area (Å²) in [6.45, 7) is 5.98. The lowest BCUT2D eigenvalue weighted by Crippen LogP contribution is -2.38. The van der Waals surface area contributed by atoms with Gasteiger partial charge in [0, 0.05) is 6.54 Å². The van der Waals surface area contributed by atoms with Crippen LogP contribution in [0.5, 0.6) is 0 Å². The van der Waals surface area contributed by atoms with Crippen LogP contribution in [-0.2, 0) is 0 Å². The molecule has 1 aromatic rings. The van der Waals surface area contributed by atoms with Gasteiger partial charge in [-0.2, -0.15) is 0 Å². The highest BCUT2D eigenvalue weighted by molar-refractivity contribution is 5.93. The standard InChI is InChI=1S/C14H20N2O4/c1-2-16-7-5-10(6-8-16)9-15-13(17)11-3-4-12(20-11)14(18)19/h3-4,10H,2,5-9H2,1H3,(H,15,17)(H,18,19). The number of amides is 1. The van der Waals surface area contributed by atoms with E-state index in [0.717, 1.165) is 32.5 Å². The van der Waals surface area contributed by atoms with Gasteiger partial charge < -0.3 is 19.7 Å². The third-order valence-electron chi connectivity index (χ3n) is 3.75. The minimum absolute atomic E-state index is 0.0494. The van der Waals surface area contributed by atoms with E-state index >= 15 is 0 Å². The molecule has 2 rings (SSSR count). The molecule has 1 aromatic heterocycles. The number of likely N-dealkylation sites (tertiary alicyclic amines) is 1. The zero-order chi connectivity index (χ0) is 14.5. The number of nitrogens with zero attached hydrogens (tertiary/aromatic N) is 1. The summed E-state index contributed by atoms with van der Waals surface area (Å²) in [6.07, 6.45) is 2.15. The number of nitrogens with one attached hydrogen (secondary N) is 1. The van der Waals surface area contributed by atoms with Crippen LogP contribution in [0.25, 0.3) is 0 Å². The van der Waals surface area contributed by atoms with Gasteiger partial charge in [-0.3, -0.25) is 4.79 Å². The van der Waals surface area contributed by atoms with Gasteiger partial charge in [-0.25, -0.2) is 4.79 Å². The Balaban J connectivity index is 1.79. The Morgan fingerprint density at radius 2 is 2.00 bits per heavy atom. The number of hydrogen-bond donors (Lipinski definition) is 2. The summed E-state index contributed by atoms with van der Waals surface area (Å²) < 4.78 is 4.96. The highest BCUT2D eigenvalue weighted by Crippen LogP contribution is 2.16. The van der Waals surface area contributed by atoms with E-state index in [1.165, 1.54) is 12.1 Å². The van der Waals surface area contributed by atoms with Gasteiger partial charge in [0.05, 0.1) is 0 Å². The zero-order valence-electron chi connectivity index (χ0n) is 11.6. The van der Waals surface area contributed by atoms with Gasteiger partial charge in [0.2, 0.25) is 5.76 Å². The molecule has 1 amide bonds. The number of piperidine rings is 1. The second kappa shape index (κ2) is 6.56. The Hall–Kier alpha value is -1.82. The highest BCUT2D eigenvalue weighted by Gasteiger charge is 2.20. The van der Waals surface area contributed by atoms with Gasteiger partial charge in [-0.1, -0.05) is 6.92 Å². The number of furan rings is 1. The average Bonchev–Trinajstić information content (AvgIpc) is 2.95. The minimum Gasteiger partial charge on any atom is -0.475 e. The van der Waals surface area contributed by atoms with Gasteiger partial charge in [0.15, 0.2) is 5.76 Å². The smallest absolute Gasteiger partial charge is 0.371 e. The maximum absolute atomic E-state index is 11.8. The van der Waals surface area contributed by atoms with Gasteiger partial charge in [0.25, 0.3) is 5.91 Å². The Labute approximate surface area is 117 Å². The molecule has 0 spiro atoms. The fourth-order valence-electron chi connectivity index (χ4n) is 2.41. The third kappa shape index (κ3) is 3.60. The summed E-state index contributed by atoms with van der Waals surface area (Å²) in [6, 6.07) is 2.68. The predicted octanol–water partition coefficient (Wildman–Crippen LogP) is 1.44. The lowest BCUT2D eigenvalue weighted by molar-refractivity contribution is 0.0659. The fourth-order valence-corrected chi connectivity index (χ4v) is 2.41. The molecule has 0 radical (unpaired) electrons. The molecule has 1 fully saturated rings. The molecule has 2 heterocycles. The first-order valence-electron chi connectivity index (χ1n) is 6.93. The van der Waals surface area contributed by atoms with Crippen molar-refractivity contribution in [3.8, 4) is 0 Å². The quantitative estimate of drug-likeness (QED) is 0.852. The largest absolute Gasteiger partial charge is 0.475 e. The lowest BCUT2D eigenvalue weighted by Gasteiger charge is -2.30. The van der Waals surface area contributed by atoms with Crippen LogP contribution in [0.3, 0.4) is 0 Å². The van der Waals surface area contributed by atoms with Gasteiger partial charge >= 0.3 is 5.97 Å². The minimum atomic E-state index is -1.17. The summed E-state index contributed by atoms with van der Waals surface area (Å²) in [7, 11) is 0. The first-order chi connectivity index (χ1) is 9.60. The highest BCUT2D eigenvalue weighted by atomic mass is 16.4. The molecular formula is C14H20N2O4. The van der Waals surface area contributed by atoms with E-state index in [0.29, 0.717) is 12.5 Å². The van der Waals surface area contributed by atoms with Gasteiger partial charge in [0.1, 0.15) is 0 Å². The number of carbonyl (C=O) groups is 2. The molecule has 0 saturated carbocycles. The Morgan fingerprint density at radius 3 is 2.55 bits per heavy atom. The molecule has 6 nitrogen and oxygen atoms in total. The van der Waals surface area contributed by atoms with Crippen LogP contribution in [0, 0.1) is 5.92 Å². The van der Waals surface area contributed by atoms with E-state index in [2.05, 4.69) is 17.1 Å². The summed E-state index contributed by atoms with van der Waals surface area (Å²) in [4.78, 5) is 24.9. The fraction of sp³-hybridized carbons (Fsp3) is 0.571. The van der Waals surface area contributed by atoms with Crippen LogP contribution in [0.4, 0.5) is 0 Å². The van der Waals surface area contributed by atoms with Crippen LogP contribution >= 0.6 is 0 Å². The van der Waals surface area contributed by atoms with E-state index in [-0.39, 0.29) is 17.4 Å². The number of carboxylic acids is 1. The van der Waals surface area contributed by atoms with Crippen LogP contribution in [0.2, 0.25) is 0 Å². The van der Waals surface area contributed by atoms with Gasteiger partial charge in [-0.05, 0) is 50.5 Å². The number of carbonyl (C=O) groups excluding carboxylic acids is 1. The van der Waals surface area contributed by atoms with Crippen LogP contribution in [-0.4, -0.2) is 48.1 Å². The van der Waals surface area contributed by atoms with E-state index in [4.69, 9.17) is 9.52 Å². The number of rotatable bonds is 5. The monoisotopic (exact) mass is 280 g/mol. The zero-order valence-corrected chi connectivity index (χ0v) is 11.6. The predicted molar refractivity (Wildman–Crippen MR) is 72.8 cm³/mol. The molecule has 6 heteroatoms. The van der Waals surface area contributed by atoms with Gasteiger partial charge in [-0.15, -0.1) is 0 Å². The van der Waals surface area contributed by atoms with Crippen molar-refractivity contribution in [2.75, 3.05) is 26.2 Å². The molecule has 110 valence electrons. The molecular weight excluding hydrogens is 260 g/mol. The molecule has 0 unspecified atom stereocenters. The molecule has 20 heavy (non-hydrogen) atoms. The van der Waals surface area contributed by atoms with Crippen molar-refractivity contribution in [3.05, 3.63) is 23.7 Å². The molecule has 1 aliphatic rings. The van der Waals surface area contributed by atoms with E-state index in [1.807, 2.05) is 0 Å². The average molecular weight is 280 g/mol. The van der Waals surface area contributed by atoms with Crippen LogP contribution < -0.4 is 5.32 Å². The van der Waals surface area contributed by atoms with Crippen molar-refractivity contribution in [2.24, 2.45) is 5.92 Å². The van der Waals surface area contributed by atoms with Crippen LogP contribution in [0.15, 0.2) is 16.5 Å². The van der Waals surface area contributed by atoms with Crippen molar-refractivity contribution in [1.29, 1.82) is 0 Å². The SMILES string of the molecule is CCN1CCC(CNC(=O)c2ccc(C(=O)O)o2)CC1. The lowest BCUT2D eigenvalue weighted by atomic mass is 9.97. The first-order valence-corrected chi connectivity index (χ1v) is 6.93. The Bertz CT molecular complexity index is 475. The second-order valence-corrected chi connectivity index (χ2v) is 5.06. The van der Waals surface area contributed by atoms with E-state index in [9.17, 15) is 9.59 Å². The van der Waals surface area contributed by atoms with Crippen molar-refractivity contribution in [3.63, 3.8) is 0 Å². The first kappa shape index (κ1) is 14.6. The molecule has 0 aliphatic carbocycles. The number of hydrogen-bond acceptors (Lipinski definition) is 4. The third-order valence-corrected chi connectivity index (χ3v) is 3.75. The molecule has 1 aliphatic heterocycles. The maximum Gasteiger partial charge on any atom is 0.371 e. The normalized spacial score (nSPS) is 17.1. The Morgan fingerprint density at radius 1 is 1.35 bits per heavy atom. The molecule has 0 aromatic carbocycles. The van der Waals surface area contributed by atoms with Crippen molar-refractivity contribution < 1.29 is 19.1 Å². The summed E-state index contributed by atoms with van der Waals surface area (Å²) >= 11 is 0. The topological polar surface area (TPSA) is 82.8 Å². The van der Waals surface area contributed by atoms with E-state index in [1.54, 1.807) is 0 Å². The number of carboxylic acid groups (broad SMARTS) is 1. The Kier molecular flexibility index (Phi) is 4.79. The van der Waals surface area contributed by atoms with Crippen molar-refractivity contribution >= 4 is 11.9 Å².